The number of rotatable bonds is 5. The fourth-order valence-electron chi connectivity index (χ4n) is 2.92. The maximum atomic E-state index is 12.5. The van der Waals surface area contributed by atoms with Crippen molar-refractivity contribution in [2.45, 2.75) is 18.8 Å². The van der Waals surface area contributed by atoms with E-state index in [0.717, 1.165) is 31.8 Å². The van der Waals surface area contributed by atoms with Gasteiger partial charge in [0, 0.05) is 18.5 Å². The molecule has 0 radical (unpaired) electrons. The molecule has 0 aliphatic carbocycles. The van der Waals surface area contributed by atoms with Gasteiger partial charge in [-0.1, -0.05) is 0 Å². The van der Waals surface area contributed by atoms with Crippen molar-refractivity contribution in [3.63, 3.8) is 0 Å². The number of ether oxygens (including phenoxy) is 2. The Kier molecular flexibility index (Phi) is 6.82. The maximum Gasteiger partial charge on any atom is 0.258 e. The van der Waals surface area contributed by atoms with Gasteiger partial charge in [0.15, 0.2) is 17.3 Å². The van der Waals surface area contributed by atoms with Gasteiger partial charge >= 0.3 is 0 Å². The molecule has 0 atom stereocenters. The van der Waals surface area contributed by atoms with Gasteiger partial charge in [-0.2, -0.15) is 10.1 Å². The number of carbonyl (C=O) groups excluding carboxylic acids is 1. The van der Waals surface area contributed by atoms with E-state index >= 15 is 0 Å². The summed E-state index contributed by atoms with van der Waals surface area (Å²) in [4.78, 5) is 17.0. The van der Waals surface area contributed by atoms with Crippen molar-refractivity contribution in [3.05, 3.63) is 29.6 Å². The van der Waals surface area contributed by atoms with Crippen LogP contribution in [0.4, 0.5) is 5.95 Å². The van der Waals surface area contributed by atoms with Crippen molar-refractivity contribution in [3.8, 4) is 11.5 Å². The van der Waals surface area contributed by atoms with Crippen LogP contribution in [0.1, 0.15) is 34.9 Å². The Bertz CT molecular complexity index is 759. The van der Waals surface area contributed by atoms with Gasteiger partial charge in [0.2, 0.25) is 5.95 Å². The van der Waals surface area contributed by atoms with Crippen LogP contribution in [0.2, 0.25) is 0 Å². The number of anilines is 1. The van der Waals surface area contributed by atoms with Gasteiger partial charge < -0.3 is 14.8 Å². The van der Waals surface area contributed by atoms with E-state index in [-0.39, 0.29) is 18.3 Å². The highest BCUT2D eigenvalue weighted by Gasteiger charge is 2.21. The number of piperidine rings is 1. The number of carbonyl (C=O) groups is 1. The van der Waals surface area contributed by atoms with Gasteiger partial charge in [-0.15, -0.1) is 12.4 Å². The molecule has 1 aromatic heterocycles. The lowest BCUT2D eigenvalue weighted by molar-refractivity contribution is 0.102. The standard InChI is InChI=1S/C17H23N5O3.ClH/c1-22-17(19-15(21-22)11-6-8-18-9-7-11)20-16(23)12-4-5-13(24-2)14(10-12)25-3;/h4-5,10-11,18H,6-9H2,1-3H3,(H,19,20,21,23);1H. The molecule has 2 N–H and O–H groups in total. The van der Waals surface area contributed by atoms with Gasteiger partial charge in [0.25, 0.3) is 5.91 Å². The molecule has 1 amide bonds. The molecule has 142 valence electrons. The van der Waals surface area contributed by atoms with Gasteiger partial charge in [0.05, 0.1) is 14.2 Å². The first-order chi connectivity index (χ1) is 12.1. The Hall–Kier alpha value is -2.32. The zero-order valence-corrected chi connectivity index (χ0v) is 15.9. The normalized spacial score (nSPS) is 14.4. The lowest BCUT2D eigenvalue weighted by Crippen LogP contribution is -2.27. The minimum Gasteiger partial charge on any atom is -0.493 e. The summed E-state index contributed by atoms with van der Waals surface area (Å²) in [6, 6.07) is 5.02. The number of nitrogens with one attached hydrogen (secondary N) is 2. The molecular formula is C17H24ClN5O3. The Morgan fingerprint density at radius 2 is 1.92 bits per heavy atom. The number of aryl methyl sites for hydroxylation is 1. The van der Waals surface area contributed by atoms with Crippen LogP contribution in [-0.4, -0.2) is 48.0 Å². The van der Waals surface area contributed by atoms with Crippen LogP contribution in [0.5, 0.6) is 11.5 Å². The van der Waals surface area contributed by atoms with Crippen LogP contribution in [0.3, 0.4) is 0 Å². The fraction of sp³-hybridized carbons (Fsp3) is 0.471. The predicted molar refractivity (Wildman–Crippen MR) is 101 cm³/mol. The Labute approximate surface area is 158 Å². The lowest BCUT2D eigenvalue weighted by atomic mass is 9.98. The first-order valence-corrected chi connectivity index (χ1v) is 8.27. The molecule has 1 saturated heterocycles. The summed E-state index contributed by atoms with van der Waals surface area (Å²) >= 11 is 0. The van der Waals surface area contributed by atoms with Gasteiger partial charge in [-0.25, -0.2) is 4.68 Å². The summed E-state index contributed by atoms with van der Waals surface area (Å²) in [6.07, 6.45) is 2.01. The molecule has 2 aromatic rings. The number of nitrogens with zero attached hydrogens (tertiary/aromatic N) is 3. The number of methoxy groups -OCH3 is 2. The third kappa shape index (κ3) is 4.25. The van der Waals surface area contributed by atoms with Gasteiger partial charge in [-0.05, 0) is 44.1 Å². The molecule has 3 rings (SSSR count). The average Bonchev–Trinajstić information content (AvgIpc) is 3.02. The van der Waals surface area contributed by atoms with Crippen LogP contribution >= 0.6 is 12.4 Å². The topological polar surface area (TPSA) is 90.3 Å². The van der Waals surface area contributed by atoms with E-state index in [9.17, 15) is 4.79 Å². The summed E-state index contributed by atoms with van der Waals surface area (Å²) in [5.41, 5.74) is 0.462. The van der Waals surface area contributed by atoms with Crippen LogP contribution in [0.25, 0.3) is 0 Å². The molecule has 1 aromatic carbocycles. The molecule has 26 heavy (non-hydrogen) atoms. The van der Waals surface area contributed by atoms with Crippen molar-refractivity contribution < 1.29 is 14.3 Å². The number of hydrogen-bond acceptors (Lipinski definition) is 6. The summed E-state index contributed by atoms with van der Waals surface area (Å²) < 4.78 is 12.0. The smallest absolute Gasteiger partial charge is 0.258 e. The van der Waals surface area contributed by atoms with E-state index in [2.05, 4.69) is 20.7 Å². The second-order valence-corrected chi connectivity index (χ2v) is 5.97. The fourth-order valence-corrected chi connectivity index (χ4v) is 2.92. The minimum absolute atomic E-state index is 0. The predicted octanol–water partition coefficient (Wildman–Crippen LogP) is 1.97. The first kappa shape index (κ1) is 20.0. The van der Waals surface area contributed by atoms with Crippen LogP contribution in [0.15, 0.2) is 18.2 Å². The van der Waals surface area contributed by atoms with Crippen molar-refractivity contribution in [1.29, 1.82) is 0 Å². The monoisotopic (exact) mass is 381 g/mol. The van der Waals surface area contributed by atoms with Crippen LogP contribution in [0, 0.1) is 0 Å². The van der Waals surface area contributed by atoms with E-state index in [1.807, 2.05) is 0 Å². The molecule has 2 heterocycles. The van der Waals surface area contributed by atoms with E-state index in [1.165, 1.54) is 7.11 Å². The molecule has 0 unspecified atom stereocenters. The van der Waals surface area contributed by atoms with Crippen LogP contribution in [-0.2, 0) is 7.05 Å². The van der Waals surface area contributed by atoms with Crippen molar-refractivity contribution in [2.75, 3.05) is 32.6 Å². The third-order valence-corrected chi connectivity index (χ3v) is 4.35. The van der Waals surface area contributed by atoms with Gasteiger partial charge in [0.1, 0.15) is 0 Å². The zero-order valence-electron chi connectivity index (χ0n) is 15.1. The summed E-state index contributed by atoms with van der Waals surface area (Å²) in [5, 5.41) is 10.6. The van der Waals surface area contributed by atoms with Gasteiger partial charge in [-0.3, -0.25) is 10.1 Å². The SMILES string of the molecule is COc1ccc(C(=O)Nc2nc(C3CCNCC3)nn2C)cc1OC.Cl. The van der Waals surface area contributed by atoms with E-state index in [4.69, 9.17) is 9.47 Å². The second kappa shape index (κ2) is 8.86. The molecule has 1 aliphatic rings. The average molecular weight is 382 g/mol. The molecule has 1 fully saturated rings. The Morgan fingerprint density at radius 3 is 2.58 bits per heavy atom. The minimum atomic E-state index is -0.270. The molecule has 9 heteroatoms. The molecular weight excluding hydrogens is 358 g/mol. The highest BCUT2D eigenvalue weighted by molar-refractivity contribution is 6.03. The largest absolute Gasteiger partial charge is 0.493 e. The number of hydrogen-bond donors (Lipinski definition) is 2. The van der Waals surface area contributed by atoms with E-state index < -0.39 is 0 Å². The summed E-state index contributed by atoms with van der Waals surface area (Å²) in [5.74, 6) is 2.36. The number of amides is 1. The third-order valence-electron chi connectivity index (χ3n) is 4.35. The zero-order chi connectivity index (χ0) is 17.8. The highest BCUT2D eigenvalue weighted by Crippen LogP contribution is 2.28. The number of aromatic nitrogens is 3. The Morgan fingerprint density at radius 1 is 1.23 bits per heavy atom. The first-order valence-electron chi connectivity index (χ1n) is 8.27. The van der Waals surface area contributed by atoms with E-state index in [1.54, 1.807) is 37.0 Å². The highest BCUT2D eigenvalue weighted by atomic mass is 35.5. The maximum absolute atomic E-state index is 12.5. The number of benzene rings is 1. The summed E-state index contributed by atoms with van der Waals surface area (Å²) in [7, 11) is 4.87. The number of halogens is 1. The van der Waals surface area contributed by atoms with Crippen molar-refractivity contribution in [1.82, 2.24) is 20.1 Å². The Balaban J connectivity index is 0.00000243. The quantitative estimate of drug-likeness (QED) is 0.823. The molecule has 1 aliphatic heterocycles. The lowest BCUT2D eigenvalue weighted by Gasteiger charge is -2.19. The molecule has 0 bridgehead atoms. The van der Waals surface area contributed by atoms with Crippen molar-refractivity contribution >= 4 is 24.3 Å². The van der Waals surface area contributed by atoms with E-state index in [0.29, 0.717) is 28.9 Å². The van der Waals surface area contributed by atoms with Crippen LogP contribution < -0.4 is 20.1 Å². The summed E-state index contributed by atoms with van der Waals surface area (Å²) in [6.45, 7) is 1.94. The van der Waals surface area contributed by atoms with Crippen molar-refractivity contribution in [2.24, 2.45) is 7.05 Å². The molecule has 8 nitrogen and oxygen atoms in total. The second-order valence-electron chi connectivity index (χ2n) is 5.97. The molecule has 0 saturated carbocycles. The molecule has 0 spiro atoms.